The first-order valence-electron chi connectivity index (χ1n) is 9.72. The SMILES string of the molecule is CC(C)(C)OC(=O)NCCc1nc2cccc(Cl)c2c(=O)n1-c1cc(F)cc(C(F)F)c1. The van der Waals surface area contributed by atoms with E-state index in [0.29, 0.717) is 6.07 Å². The number of benzene rings is 2. The van der Waals surface area contributed by atoms with E-state index in [1.165, 1.54) is 6.07 Å². The Kier molecular flexibility index (Phi) is 6.78. The topological polar surface area (TPSA) is 73.2 Å². The van der Waals surface area contributed by atoms with Gasteiger partial charge >= 0.3 is 6.09 Å². The van der Waals surface area contributed by atoms with Crippen LogP contribution >= 0.6 is 11.6 Å². The van der Waals surface area contributed by atoms with Gasteiger partial charge in [-0.3, -0.25) is 9.36 Å². The summed E-state index contributed by atoms with van der Waals surface area (Å²) in [5.74, 6) is -0.798. The molecule has 0 spiro atoms. The van der Waals surface area contributed by atoms with Gasteiger partial charge in [-0.05, 0) is 51.1 Å². The first-order valence-corrected chi connectivity index (χ1v) is 10.1. The van der Waals surface area contributed by atoms with Crippen LogP contribution in [0.25, 0.3) is 16.6 Å². The Hall–Kier alpha value is -3.07. The Morgan fingerprint density at radius 1 is 1.25 bits per heavy atom. The number of nitrogens with zero attached hydrogens (tertiary/aromatic N) is 2. The van der Waals surface area contributed by atoms with E-state index in [0.717, 1.165) is 16.7 Å². The highest BCUT2D eigenvalue weighted by Gasteiger charge is 2.19. The fourth-order valence-corrected chi connectivity index (χ4v) is 3.36. The van der Waals surface area contributed by atoms with Crippen LogP contribution in [0.15, 0.2) is 41.2 Å². The smallest absolute Gasteiger partial charge is 0.407 e. The molecule has 32 heavy (non-hydrogen) atoms. The molecule has 0 aliphatic rings. The molecule has 1 heterocycles. The Balaban J connectivity index is 2.08. The van der Waals surface area contributed by atoms with Crippen LogP contribution in [-0.2, 0) is 11.2 Å². The molecule has 0 fully saturated rings. The molecule has 1 aromatic heterocycles. The summed E-state index contributed by atoms with van der Waals surface area (Å²) in [6.45, 7) is 5.17. The van der Waals surface area contributed by atoms with Gasteiger partial charge in [0.15, 0.2) is 0 Å². The molecule has 3 aromatic rings. The number of halogens is 4. The predicted octanol–water partition coefficient (Wildman–Crippen LogP) is 5.18. The lowest BCUT2D eigenvalue weighted by atomic mass is 10.1. The molecule has 0 radical (unpaired) electrons. The lowest BCUT2D eigenvalue weighted by molar-refractivity contribution is 0.0528. The van der Waals surface area contributed by atoms with E-state index >= 15 is 0 Å². The fraction of sp³-hybridized carbons (Fsp3) is 0.318. The van der Waals surface area contributed by atoms with Crippen molar-refractivity contribution in [1.29, 1.82) is 0 Å². The number of ether oxygens (including phenoxy) is 1. The van der Waals surface area contributed by atoms with Gasteiger partial charge in [0.25, 0.3) is 12.0 Å². The number of fused-ring (bicyclic) bond motifs is 1. The van der Waals surface area contributed by atoms with Crippen LogP contribution in [0.1, 0.15) is 38.6 Å². The minimum absolute atomic E-state index is 0.0322. The van der Waals surface area contributed by atoms with Gasteiger partial charge in [-0.25, -0.2) is 22.9 Å². The molecule has 0 aliphatic heterocycles. The Morgan fingerprint density at radius 3 is 2.62 bits per heavy atom. The normalized spacial score (nSPS) is 11.8. The molecule has 0 bridgehead atoms. The van der Waals surface area contributed by atoms with Crippen molar-refractivity contribution in [3.63, 3.8) is 0 Å². The summed E-state index contributed by atoms with van der Waals surface area (Å²) in [6, 6.07) is 7.36. The number of alkyl carbamates (subject to hydrolysis) is 1. The highest BCUT2D eigenvalue weighted by atomic mass is 35.5. The van der Waals surface area contributed by atoms with Gasteiger partial charge in [0.1, 0.15) is 17.2 Å². The number of alkyl halides is 2. The van der Waals surface area contributed by atoms with E-state index in [1.54, 1.807) is 32.9 Å². The minimum atomic E-state index is -2.94. The quantitative estimate of drug-likeness (QED) is 0.561. The van der Waals surface area contributed by atoms with E-state index in [9.17, 15) is 22.8 Å². The summed E-state index contributed by atoms with van der Waals surface area (Å²) < 4.78 is 46.7. The minimum Gasteiger partial charge on any atom is -0.444 e. The van der Waals surface area contributed by atoms with Gasteiger partial charge in [-0.1, -0.05) is 17.7 Å². The van der Waals surface area contributed by atoms with Gasteiger partial charge in [-0.2, -0.15) is 0 Å². The number of carbonyl (C=O) groups excluding carboxylic acids is 1. The first-order chi connectivity index (χ1) is 15.0. The van der Waals surface area contributed by atoms with Gasteiger partial charge in [0, 0.05) is 18.5 Å². The van der Waals surface area contributed by atoms with E-state index in [-0.39, 0.29) is 40.4 Å². The van der Waals surface area contributed by atoms with Crippen LogP contribution < -0.4 is 10.9 Å². The number of nitrogens with one attached hydrogen (secondary N) is 1. The Morgan fingerprint density at radius 2 is 1.97 bits per heavy atom. The molecule has 0 saturated heterocycles. The number of aromatic nitrogens is 2. The second-order valence-corrected chi connectivity index (χ2v) is 8.43. The summed E-state index contributed by atoms with van der Waals surface area (Å²) in [6.07, 6.45) is -3.56. The summed E-state index contributed by atoms with van der Waals surface area (Å²) in [7, 11) is 0. The maximum Gasteiger partial charge on any atom is 0.407 e. The number of carbonyl (C=O) groups is 1. The van der Waals surface area contributed by atoms with Crippen LogP contribution in [0.3, 0.4) is 0 Å². The first kappa shape index (κ1) is 23.6. The molecular formula is C22H21ClF3N3O3. The van der Waals surface area contributed by atoms with Crippen molar-refractivity contribution in [2.75, 3.05) is 6.54 Å². The zero-order valence-corrected chi connectivity index (χ0v) is 18.3. The van der Waals surface area contributed by atoms with Crippen LogP contribution in [0.5, 0.6) is 0 Å². The van der Waals surface area contributed by atoms with Crippen LogP contribution in [0.2, 0.25) is 5.02 Å². The molecule has 1 N–H and O–H groups in total. The summed E-state index contributed by atoms with van der Waals surface area (Å²) in [5, 5.41) is 2.74. The van der Waals surface area contributed by atoms with Gasteiger partial charge in [0.2, 0.25) is 0 Å². The molecule has 10 heteroatoms. The summed E-state index contributed by atoms with van der Waals surface area (Å²) >= 11 is 6.17. The molecule has 0 saturated carbocycles. The summed E-state index contributed by atoms with van der Waals surface area (Å²) in [5.41, 5.74) is -1.75. The largest absolute Gasteiger partial charge is 0.444 e. The molecular weight excluding hydrogens is 447 g/mol. The molecule has 3 rings (SSSR count). The highest BCUT2D eigenvalue weighted by molar-refractivity contribution is 6.35. The lowest BCUT2D eigenvalue weighted by Crippen LogP contribution is -2.34. The number of hydrogen-bond donors (Lipinski definition) is 1. The van der Waals surface area contributed by atoms with E-state index in [4.69, 9.17) is 16.3 Å². The summed E-state index contributed by atoms with van der Waals surface area (Å²) in [4.78, 5) is 29.6. The van der Waals surface area contributed by atoms with Crippen molar-refractivity contribution >= 4 is 28.6 Å². The molecule has 0 aliphatic carbocycles. The van der Waals surface area contributed by atoms with Gasteiger partial charge < -0.3 is 10.1 Å². The molecule has 1 amide bonds. The highest BCUT2D eigenvalue weighted by Crippen LogP contribution is 2.25. The Labute approximate surface area is 187 Å². The fourth-order valence-electron chi connectivity index (χ4n) is 3.11. The molecule has 6 nitrogen and oxygen atoms in total. The van der Waals surface area contributed by atoms with Crippen molar-refractivity contribution < 1.29 is 22.7 Å². The van der Waals surface area contributed by atoms with E-state index in [2.05, 4.69) is 10.3 Å². The van der Waals surface area contributed by atoms with Crippen LogP contribution in [0, 0.1) is 5.82 Å². The zero-order chi connectivity index (χ0) is 23.6. The average Bonchev–Trinajstić information content (AvgIpc) is 2.66. The van der Waals surface area contributed by atoms with Crippen molar-refractivity contribution in [3.8, 4) is 5.69 Å². The van der Waals surface area contributed by atoms with Crippen molar-refractivity contribution in [2.45, 2.75) is 39.2 Å². The second kappa shape index (κ2) is 9.20. The van der Waals surface area contributed by atoms with Crippen molar-refractivity contribution in [3.05, 3.63) is 69.0 Å². The van der Waals surface area contributed by atoms with Crippen LogP contribution in [-0.4, -0.2) is 27.8 Å². The van der Waals surface area contributed by atoms with Gasteiger partial charge in [-0.15, -0.1) is 0 Å². The van der Waals surface area contributed by atoms with E-state index < -0.39 is 35.1 Å². The molecule has 170 valence electrons. The standard InChI is InChI=1S/C22H21ClF3N3O3/c1-22(2,3)32-21(31)27-8-7-17-28-16-6-4-5-15(23)18(16)20(30)29(17)14-10-12(19(25)26)9-13(24)11-14/h4-6,9-11,19H,7-8H2,1-3H3,(H,27,31). The van der Waals surface area contributed by atoms with Crippen LogP contribution in [0.4, 0.5) is 18.0 Å². The van der Waals surface area contributed by atoms with E-state index in [1.807, 2.05) is 0 Å². The zero-order valence-electron chi connectivity index (χ0n) is 17.6. The second-order valence-electron chi connectivity index (χ2n) is 8.02. The third-order valence-corrected chi connectivity index (χ3v) is 4.66. The molecule has 0 unspecified atom stereocenters. The average molecular weight is 468 g/mol. The third-order valence-electron chi connectivity index (χ3n) is 4.35. The Bertz CT molecular complexity index is 1220. The third kappa shape index (κ3) is 5.40. The number of rotatable bonds is 5. The number of amides is 1. The van der Waals surface area contributed by atoms with Crippen molar-refractivity contribution in [2.24, 2.45) is 0 Å². The maximum absolute atomic E-state index is 14.1. The molecule has 2 aromatic carbocycles. The maximum atomic E-state index is 14.1. The number of hydrogen-bond acceptors (Lipinski definition) is 4. The lowest BCUT2D eigenvalue weighted by Gasteiger charge is -2.20. The predicted molar refractivity (Wildman–Crippen MR) is 115 cm³/mol. The monoisotopic (exact) mass is 467 g/mol. The van der Waals surface area contributed by atoms with Gasteiger partial charge in [0.05, 0.1) is 21.6 Å². The van der Waals surface area contributed by atoms with Crippen molar-refractivity contribution in [1.82, 2.24) is 14.9 Å². The molecule has 0 atom stereocenters.